The molecule has 0 aliphatic rings. The third-order valence-corrected chi connectivity index (χ3v) is 4.37. The fourth-order valence-electron chi connectivity index (χ4n) is 2.27. The van der Waals surface area contributed by atoms with Crippen LogP contribution in [-0.2, 0) is 6.42 Å². The molecule has 0 heterocycles. The van der Waals surface area contributed by atoms with Gasteiger partial charge in [-0.2, -0.15) is 0 Å². The van der Waals surface area contributed by atoms with Gasteiger partial charge in [0.2, 0.25) is 0 Å². The maximum absolute atomic E-state index is 10.2. The number of benzene rings is 2. The number of aliphatic hydroxyl groups is 1. The molecule has 0 aliphatic carbocycles. The van der Waals surface area contributed by atoms with Crippen LogP contribution in [0.5, 0.6) is 0 Å². The minimum Gasteiger partial charge on any atom is -0.392 e. The number of hydrogen-bond donors (Lipinski definition) is 1. The third kappa shape index (κ3) is 4.86. The maximum atomic E-state index is 10.2. The van der Waals surface area contributed by atoms with Gasteiger partial charge in [0.15, 0.2) is 0 Å². The number of rotatable bonds is 5. The Balaban J connectivity index is 1.90. The minimum absolute atomic E-state index is 0.347. The van der Waals surface area contributed by atoms with E-state index in [1.54, 1.807) is 11.8 Å². The Bertz CT molecular complexity index is 563. The van der Waals surface area contributed by atoms with Crippen molar-refractivity contribution in [1.29, 1.82) is 0 Å². The fraction of sp³-hybridized carbons (Fsp3) is 0.294. The zero-order valence-corrected chi connectivity index (χ0v) is 13.3. The number of halogens is 1. The second kappa shape index (κ2) is 7.16. The van der Waals surface area contributed by atoms with Crippen molar-refractivity contribution < 1.29 is 5.11 Å². The Kier molecular flexibility index (Phi) is 5.53. The monoisotopic (exact) mass is 306 g/mol. The van der Waals surface area contributed by atoms with Crippen LogP contribution in [0.3, 0.4) is 0 Å². The van der Waals surface area contributed by atoms with Crippen LogP contribution in [0.25, 0.3) is 0 Å². The van der Waals surface area contributed by atoms with Gasteiger partial charge in [-0.1, -0.05) is 47.0 Å². The molecule has 1 N–H and O–H groups in total. The van der Waals surface area contributed by atoms with Crippen LogP contribution in [0.4, 0.5) is 0 Å². The van der Waals surface area contributed by atoms with Crippen molar-refractivity contribution in [3.63, 3.8) is 0 Å². The van der Waals surface area contributed by atoms with E-state index in [9.17, 15) is 5.11 Å². The summed E-state index contributed by atoms with van der Waals surface area (Å²) in [6.07, 6.45) is 0.344. The largest absolute Gasteiger partial charge is 0.392 e. The average molecular weight is 307 g/mol. The van der Waals surface area contributed by atoms with Gasteiger partial charge in [0.05, 0.1) is 6.10 Å². The molecule has 20 heavy (non-hydrogen) atoms. The van der Waals surface area contributed by atoms with Crippen LogP contribution in [0.1, 0.15) is 16.7 Å². The van der Waals surface area contributed by atoms with E-state index in [-0.39, 0.29) is 6.10 Å². The molecule has 0 radical (unpaired) electrons. The molecule has 1 unspecified atom stereocenters. The van der Waals surface area contributed by atoms with Crippen LogP contribution in [0, 0.1) is 13.8 Å². The quantitative estimate of drug-likeness (QED) is 0.811. The van der Waals surface area contributed by atoms with Crippen LogP contribution in [-0.4, -0.2) is 17.0 Å². The van der Waals surface area contributed by atoms with E-state index in [4.69, 9.17) is 11.6 Å². The van der Waals surface area contributed by atoms with Gasteiger partial charge in [-0.15, -0.1) is 11.8 Å². The highest BCUT2D eigenvalue weighted by molar-refractivity contribution is 7.99. The van der Waals surface area contributed by atoms with Gasteiger partial charge < -0.3 is 5.11 Å². The van der Waals surface area contributed by atoms with E-state index >= 15 is 0 Å². The summed E-state index contributed by atoms with van der Waals surface area (Å²) in [4.78, 5) is 1.09. The number of hydrogen-bond acceptors (Lipinski definition) is 2. The van der Waals surface area contributed by atoms with E-state index in [1.807, 2.05) is 24.3 Å². The predicted molar refractivity (Wildman–Crippen MR) is 87.8 cm³/mol. The zero-order chi connectivity index (χ0) is 14.5. The first kappa shape index (κ1) is 15.4. The van der Waals surface area contributed by atoms with Crippen LogP contribution in [0.15, 0.2) is 47.4 Å². The standard InChI is InChI=1S/C17H19ClOS/c1-12-6-13(2)8-14(7-12)9-16(19)11-20-17-5-3-4-15(18)10-17/h3-8,10,16,19H,9,11H2,1-2H3. The lowest BCUT2D eigenvalue weighted by atomic mass is 10.0. The molecular weight excluding hydrogens is 288 g/mol. The van der Waals surface area contributed by atoms with E-state index in [0.717, 1.165) is 9.92 Å². The molecular formula is C17H19ClOS. The number of thioether (sulfide) groups is 1. The van der Waals surface area contributed by atoms with Gasteiger partial charge in [-0.3, -0.25) is 0 Å². The van der Waals surface area contributed by atoms with E-state index in [2.05, 4.69) is 32.0 Å². The first-order valence-corrected chi connectivity index (χ1v) is 8.03. The van der Waals surface area contributed by atoms with Gasteiger partial charge in [0, 0.05) is 15.7 Å². The normalized spacial score (nSPS) is 12.4. The second-order valence-corrected chi connectivity index (χ2v) is 6.65. The zero-order valence-electron chi connectivity index (χ0n) is 11.8. The summed E-state index contributed by atoms with van der Waals surface area (Å²) >= 11 is 7.58. The lowest BCUT2D eigenvalue weighted by Crippen LogP contribution is -2.13. The molecule has 106 valence electrons. The van der Waals surface area contributed by atoms with Crippen molar-refractivity contribution in [3.05, 3.63) is 64.2 Å². The van der Waals surface area contributed by atoms with Crippen molar-refractivity contribution in [2.75, 3.05) is 5.75 Å². The van der Waals surface area contributed by atoms with Crippen LogP contribution < -0.4 is 0 Å². The van der Waals surface area contributed by atoms with Crippen molar-refractivity contribution >= 4 is 23.4 Å². The van der Waals surface area contributed by atoms with Gasteiger partial charge in [-0.25, -0.2) is 0 Å². The Labute approximate surface area is 130 Å². The molecule has 0 aromatic heterocycles. The first-order chi connectivity index (χ1) is 9.52. The summed E-state index contributed by atoms with van der Waals surface area (Å²) in [6, 6.07) is 14.2. The number of aliphatic hydroxyl groups excluding tert-OH is 1. The smallest absolute Gasteiger partial charge is 0.0674 e. The number of aryl methyl sites for hydroxylation is 2. The van der Waals surface area contributed by atoms with Gasteiger partial charge in [-0.05, 0) is 44.0 Å². The molecule has 2 aromatic rings. The molecule has 0 aliphatic heterocycles. The second-order valence-electron chi connectivity index (χ2n) is 5.12. The Morgan fingerprint density at radius 2 is 1.80 bits per heavy atom. The highest BCUT2D eigenvalue weighted by atomic mass is 35.5. The van der Waals surface area contributed by atoms with Gasteiger partial charge >= 0.3 is 0 Å². The SMILES string of the molecule is Cc1cc(C)cc(CC(O)CSc2cccc(Cl)c2)c1. The topological polar surface area (TPSA) is 20.2 Å². The molecule has 0 spiro atoms. The molecule has 0 bridgehead atoms. The fourth-order valence-corrected chi connectivity index (χ4v) is 3.41. The summed E-state index contributed by atoms with van der Waals surface area (Å²) in [7, 11) is 0. The Morgan fingerprint density at radius 3 is 2.45 bits per heavy atom. The van der Waals surface area contributed by atoms with Crippen molar-refractivity contribution in [2.24, 2.45) is 0 Å². The summed E-state index contributed by atoms with van der Waals surface area (Å²) in [5.74, 6) is 0.674. The summed E-state index contributed by atoms with van der Waals surface area (Å²) in [5.41, 5.74) is 3.69. The van der Waals surface area contributed by atoms with Crippen molar-refractivity contribution in [3.8, 4) is 0 Å². The van der Waals surface area contributed by atoms with E-state index in [1.165, 1.54) is 16.7 Å². The predicted octanol–water partition coefficient (Wildman–Crippen LogP) is 4.65. The van der Waals surface area contributed by atoms with E-state index < -0.39 is 0 Å². The van der Waals surface area contributed by atoms with Gasteiger partial charge in [0.1, 0.15) is 0 Å². The molecule has 0 fully saturated rings. The van der Waals surface area contributed by atoms with Crippen LogP contribution >= 0.6 is 23.4 Å². The maximum Gasteiger partial charge on any atom is 0.0674 e. The van der Waals surface area contributed by atoms with Crippen LogP contribution in [0.2, 0.25) is 5.02 Å². The Morgan fingerprint density at radius 1 is 1.10 bits per heavy atom. The molecule has 0 amide bonds. The molecule has 2 aromatic carbocycles. The molecule has 0 saturated heterocycles. The highest BCUT2D eigenvalue weighted by Gasteiger charge is 2.07. The highest BCUT2D eigenvalue weighted by Crippen LogP contribution is 2.23. The lowest BCUT2D eigenvalue weighted by Gasteiger charge is -2.12. The minimum atomic E-state index is -0.347. The van der Waals surface area contributed by atoms with Crippen molar-refractivity contribution in [2.45, 2.75) is 31.3 Å². The summed E-state index contributed by atoms with van der Waals surface area (Å²) in [6.45, 7) is 4.17. The van der Waals surface area contributed by atoms with Crippen molar-refractivity contribution in [1.82, 2.24) is 0 Å². The molecule has 1 atom stereocenters. The van der Waals surface area contributed by atoms with Gasteiger partial charge in [0.25, 0.3) is 0 Å². The Hall–Kier alpha value is -0.960. The average Bonchev–Trinajstić information content (AvgIpc) is 2.35. The molecule has 1 nitrogen and oxygen atoms in total. The first-order valence-electron chi connectivity index (χ1n) is 6.66. The molecule has 2 rings (SSSR count). The van der Waals surface area contributed by atoms with E-state index in [0.29, 0.717) is 12.2 Å². The lowest BCUT2D eigenvalue weighted by molar-refractivity contribution is 0.200. The molecule has 3 heteroatoms. The summed E-state index contributed by atoms with van der Waals surface area (Å²) < 4.78 is 0. The summed E-state index contributed by atoms with van der Waals surface area (Å²) in [5, 5.41) is 10.9. The molecule has 0 saturated carbocycles. The third-order valence-electron chi connectivity index (χ3n) is 2.99.